The van der Waals surface area contributed by atoms with Crippen LogP contribution < -0.4 is 11.4 Å². The van der Waals surface area contributed by atoms with E-state index in [0.29, 0.717) is 0 Å². The lowest BCUT2D eigenvalue weighted by atomic mass is 10.1. The molecule has 0 radical (unpaired) electrons. The second-order valence-corrected chi connectivity index (χ2v) is 3.83. The number of halogens is 2. The van der Waals surface area contributed by atoms with Gasteiger partial charge in [-0.15, -0.1) is 0 Å². The van der Waals surface area contributed by atoms with Crippen LogP contribution in [-0.2, 0) is 6.54 Å². The summed E-state index contributed by atoms with van der Waals surface area (Å²) in [7, 11) is 0. The average molecular weight is 251 g/mol. The zero-order valence-electron chi connectivity index (χ0n) is 9.38. The fourth-order valence-corrected chi connectivity index (χ4v) is 1.64. The Balaban J connectivity index is 2.27. The van der Waals surface area contributed by atoms with Gasteiger partial charge in [0.25, 0.3) is 0 Å². The van der Waals surface area contributed by atoms with Gasteiger partial charge in [-0.3, -0.25) is 4.57 Å². The molecule has 0 saturated heterocycles. The average Bonchev–Trinajstić information content (AvgIpc) is 2.35. The smallest absolute Gasteiger partial charge is 0.322 e. The van der Waals surface area contributed by atoms with E-state index in [2.05, 4.69) is 4.98 Å². The van der Waals surface area contributed by atoms with Crippen LogP contribution in [0.25, 0.3) is 0 Å². The van der Waals surface area contributed by atoms with Gasteiger partial charge in [0, 0.05) is 24.5 Å². The van der Waals surface area contributed by atoms with E-state index in [1.807, 2.05) is 0 Å². The van der Waals surface area contributed by atoms with Crippen molar-refractivity contribution in [3.63, 3.8) is 0 Å². The van der Waals surface area contributed by atoms with Crippen molar-refractivity contribution in [3.8, 4) is 0 Å². The molecule has 2 rings (SSSR count). The zero-order chi connectivity index (χ0) is 13.1. The second kappa shape index (κ2) is 5.05. The zero-order valence-corrected chi connectivity index (χ0v) is 9.38. The van der Waals surface area contributed by atoms with E-state index in [-0.39, 0.29) is 12.1 Å². The maximum Gasteiger partial charge on any atom is 0.347 e. The summed E-state index contributed by atoms with van der Waals surface area (Å²) < 4.78 is 27.7. The quantitative estimate of drug-likeness (QED) is 0.892. The van der Waals surface area contributed by atoms with Crippen LogP contribution in [0.5, 0.6) is 0 Å². The van der Waals surface area contributed by atoms with E-state index in [0.717, 1.165) is 18.2 Å². The standard InChI is InChI=1S/C12H11F2N3O/c13-8-2-3-10(14)9(6-8)11(15)7-17-5-1-4-16-12(17)18/h1-6,11H,7,15H2. The first-order valence-electron chi connectivity index (χ1n) is 5.30. The van der Waals surface area contributed by atoms with Crippen LogP contribution in [0, 0.1) is 11.6 Å². The van der Waals surface area contributed by atoms with Crippen LogP contribution in [0.1, 0.15) is 11.6 Å². The first-order chi connectivity index (χ1) is 8.58. The second-order valence-electron chi connectivity index (χ2n) is 3.83. The van der Waals surface area contributed by atoms with Crippen molar-refractivity contribution in [1.29, 1.82) is 0 Å². The lowest BCUT2D eigenvalue weighted by Gasteiger charge is -2.14. The molecule has 2 N–H and O–H groups in total. The third-order valence-electron chi connectivity index (χ3n) is 2.53. The van der Waals surface area contributed by atoms with E-state index in [4.69, 9.17) is 5.73 Å². The van der Waals surface area contributed by atoms with Crippen LogP contribution in [0.2, 0.25) is 0 Å². The highest BCUT2D eigenvalue weighted by molar-refractivity contribution is 5.21. The van der Waals surface area contributed by atoms with Crippen LogP contribution in [0.4, 0.5) is 8.78 Å². The first-order valence-corrected chi connectivity index (χ1v) is 5.30. The van der Waals surface area contributed by atoms with Gasteiger partial charge in [0.2, 0.25) is 0 Å². The Kier molecular flexibility index (Phi) is 3.47. The van der Waals surface area contributed by atoms with Gasteiger partial charge < -0.3 is 5.73 Å². The van der Waals surface area contributed by atoms with Crippen LogP contribution in [0.3, 0.4) is 0 Å². The summed E-state index contributed by atoms with van der Waals surface area (Å²) in [6.07, 6.45) is 2.85. The predicted octanol–water partition coefficient (Wildman–Crippen LogP) is 1.22. The van der Waals surface area contributed by atoms with Crippen LogP contribution >= 0.6 is 0 Å². The van der Waals surface area contributed by atoms with E-state index in [1.54, 1.807) is 6.07 Å². The molecule has 0 aliphatic heterocycles. The summed E-state index contributed by atoms with van der Waals surface area (Å²) in [5, 5.41) is 0. The Morgan fingerprint density at radius 3 is 2.89 bits per heavy atom. The van der Waals surface area contributed by atoms with E-state index in [9.17, 15) is 13.6 Å². The summed E-state index contributed by atoms with van der Waals surface area (Å²) in [6.45, 7) is 0.0348. The summed E-state index contributed by atoms with van der Waals surface area (Å²) in [5.41, 5.74) is 5.32. The third kappa shape index (κ3) is 2.60. The monoisotopic (exact) mass is 251 g/mol. The third-order valence-corrected chi connectivity index (χ3v) is 2.53. The van der Waals surface area contributed by atoms with Gasteiger partial charge in [-0.2, -0.15) is 0 Å². The van der Waals surface area contributed by atoms with Crippen LogP contribution in [0.15, 0.2) is 41.5 Å². The number of benzene rings is 1. The number of hydrogen-bond donors (Lipinski definition) is 1. The molecule has 1 aromatic carbocycles. The van der Waals surface area contributed by atoms with Crippen molar-refractivity contribution in [1.82, 2.24) is 9.55 Å². The molecule has 0 amide bonds. The normalized spacial score (nSPS) is 12.4. The molecule has 2 aromatic rings. The Bertz CT molecular complexity index is 612. The fraction of sp³-hybridized carbons (Fsp3) is 0.167. The molecule has 0 bridgehead atoms. The molecule has 6 heteroatoms. The SMILES string of the molecule is NC(Cn1cccnc1=O)c1cc(F)ccc1F. The van der Waals surface area contributed by atoms with Crippen molar-refractivity contribution in [3.05, 3.63) is 64.3 Å². The van der Waals surface area contributed by atoms with Gasteiger partial charge in [-0.25, -0.2) is 18.6 Å². The molecule has 1 aromatic heterocycles. The number of nitrogens with zero attached hydrogens (tertiary/aromatic N) is 2. The molecule has 0 spiro atoms. The predicted molar refractivity (Wildman–Crippen MR) is 61.8 cm³/mol. The molecule has 1 heterocycles. The maximum atomic E-state index is 13.5. The van der Waals surface area contributed by atoms with Gasteiger partial charge in [0.05, 0.1) is 6.04 Å². The molecule has 94 valence electrons. The van der Waals surface area contributed by atoms with Crippen molar-refractivity contribution < 1.29 is 8.78 Å². The largest absolute Gasteiger partial charge is 0.347 e. The van der Waals surface area contributed by atoms with Gasteiger partial charge >= 0.3 is 5.69 Å². The molecule has 0 aliphatic rings. The molecular weight excluding hydrogens is 240 g/mol. The van der Waals surface area contributed by atoms with Gasteiger partial charge in [-0.05, 0) is 24.3 Å². The van der Waals surface area contributed by atoms with Crippen LogP contribution in [-0.4, -0.2) is 9.55 Å². The maximum absolute atomic E-state index is 13.5. The fourth-order valence-electron chi connectivity index (χ4n) is 1.64. The number of nitrogens with two attached hydrogens (primary N) is 1. The summed E-state index contributed by atoms with van der Waals surface area (Å²) in [4.78, 5) is 14.9. The molecule has 18 heavy (non-hydrogen) atoms. The van der Waals surface area contributed by atoms with Crippen molar-refractivity contribution >= 4 is 0 Å². The van der Waals surface area contributed by atoms with E-state index < -0.39 is 23.4 Å². The molecule has 1 atom stereocenters. The molecule has 0 aliphatic carbocycles. The Hall–Kier alpha value is -2.08. The van der Waals surface area contributed by atoms with Crippen molar-refractivity contribution in [2.75, 3.05) is 0 Å². The van der Waals surface area contributed by atoms with Gasteiger partial charge in [-0.1, -0.05) is 0 Å². The Labute approximate surface area is 102 Å². The van der Waals surface area contributed by atoms with E-state index in [1.165, 1.54) is 17.0 Å². The van der Waals surface area contributed by atoms with Crippen molar-refractivity contribution in [2.24, 2.45) is 5.73 Å². The lowest BCUT2D eigenvalue weighted by molar-refractivity contribution is 0.510. The first kappa shape index (κ1) is 12.4. The molecule has 1 unspecified atom stereocenters. The van der Waals surface area contributed by atoms with Gasteiger partial charge in [0.15, 0.2) is 0 Å². The number of rotatable bonds is 3. The number of aromatic nitrogens is 2. The summed E-state index contributed by atoms with van der Waals surface area (Å²) in [5.74, 6) is -1.17. The molecule has 0 saturated carbocycles. The lowest BCUT2D eigenvalue weighted by Crippen LogP contribution is -2.28. The Morgan fingerprint density at radius 1 is 1.39 bits per heavy atom. The Morgan fingerprint density at radius 2 is 2.17 bits per heavy atom. The highest BCUT2D eigenvalue weighted by Crippen LogP contribution is 2.17. The van der Waals surface area contributed by atoms with Crippen molar-refractivity contribution in [2.45, 2.75) is 12.6 Å². The highest BCUT2D eigenvalue weighted by atomic mass is 19.1. The minimum absolute atomic E-state index is 0.0331. The van der Waals surface area contributed by atoms with E-state index >= 15 is 0 Å². The molecule has 0 fully saturated rings. The topological polar surface area (TPSA) is 60.9 Å². The highest BCUT2D eigenvalue weighted by Gasteiger charge is 2.13. The minimum atomic E-state index is -0.817. The number of hydrogen-bond acceptors (Lipinski definition) is 3. The summed E-state index contributed by atoms with van der Waals surface area (Å²) >= 11 is 0. The molecular formula is C12H11F2N3O. The minimum Gasteiger partial charge on any atom is -0.322 e. The summed E-state index contributed by atoms with van der Waals surface area (Å²) in [6, 6.07) is 3.80. The van der Waals surface area contributed by atoms with Gasteiger partial charge in [0.1, 0.15) is 11.6 Å². The molecule has 4 nitrogen and oxygen atoms in total.